The summed E-state index contributed by atoms with van der Waals surface area (Å²) in [5, 5.41) is 2.35. The topological polar surface area (TPSA) is 79.0 Å². The van der Waals surface area contributed by atoms with E-state index in [1.807, 2.05) is 12.1 Å². The lowest BCUT2D eigenvalue weighted by Gasteiger charge is -2.34. The molecule has 0 aliphatic carbocycles. The Morgan fingerprint density at radius 3 is 2.39 bits per heavy atom. The lowest BCUT2D eigenvalue weighted by molar-refractivity contribution is -0.136. The fourth-order valence-corrected chi connectivity index (χ4v) is 5.63. The Morgan fingerprint density at radius 1 is 0.972 bits per heavy atom. The van der Waals surface area contributed by atoms with Gasteiger partial charge in [0, 0.05) is 23.6 Å². The van der Waals surface area contributed by atoms with Crippen LogP contribution in [-0.4, -0.2) is 52.7 Å². The Hall–Kier alpha value is -3.19. The van der Waals surface area contributed by atoms with Crippen LogP contribution in [0.3, 0.4) is 0 Å². The molecule has 3 aliphatic heterocycles. The summed E-state index contributed by atoms with van der Waals surface area (Å²) in [5.74, 6) is 0.538. The average Bonchev–Trinajstić information content (AvgIpc) is 3.21. The molecule has 3 aliphatic rings. The van der Waals surface area contributed by atoms with Gasteiger partial charge in [0.05, 0.1) is 6.54 Å². The van der Waals surface area contributed by atoms with Gasteiger partial charge in [-0.15, -0.1) is 0 Å². The third-order valence-electron chi connectivity index (χ3n) is 7.86. The molecular formula is C29H35N3O4. The van der Waals surface area contributed by atoms with Gasteiger partial charge in [-0.05, 0) is 81.8 Å². The number of likely N-dealkylation sites (tertiary alicyclic amines) is 1. The SMILES string of the molecule is CC(C)N1CCC(Cc2ccc(COc3cccc4c3CN(C3CCC(=O)NC3=O)C4=O)cc2)CC1. The second kappa shape index (κ2) is 10.4. The maximum Gasteiger partial charge on any atom is 0.255 e. The number of nitrogens with zero attached hydrogens (tertiary/aromatic N) is 2. The first-order valence-electron chi connectivity index (χ1n) is 13.1. The molecule has 1 N–H and O–H groups in total. The molecule has 7 heteroatoms. The Bertz CT molecular complexity index is 1140. The lowest BCUT2D eigenvalue weighted by atomic mass is 9.89. The number of benzene rings is 2. The molecule has 36 heavy (non-hydrogen) atoms. The molecule has 190 valence electrons. The van der Waals surface area contributed by atoms with E-state index in [4.69, 9.17) is 4.74 Å². The number of hydrogen-bond donors (Lipinski definition) is 1. The van der Waals surface area contributed by atoms with Crippen LogP contribution in [0.15, 0.2) is 42.5 Å². The highest BCUT2D eigenvalue weighted by molar-refractivity contribution is 6.05. The van der Waals surface area contributed by atoms with E-state index in [9.17, 15) is 14.4 Å². The van der Waals surface area contributed by atoms with E-state index in [1.54, 1.807) is 11.0 Å². The molecule has 7 nitrogen and oxygen atoms in total. The van der Waals surface area contributed by atoms with Crippen molar-refractivity contribution in [3.63, 3.8) is 0 Å². The molecule has 1 unspecified atom stereocenters. The molecule has 0 saturated carbocycles. The second-order valence-corrected chi connectivity index (χ2v) is 10.6. The minimum atomic E-state index is -0.624. The molecule has 0 aromatic heterocycles. The molecule has 5 rings (SSSR count). The average molecular weight is 490 g/mol. The molecule has 2 fully saturated rings. The smallest absolute Gasteiger partial charge is 0.255 e. The van der Waals surface area contributed by atoms with Crippen LogP contribution in [0.4, 0.5) is 0 Å². The van der Waals surface area contributed by atoms with Gasteiger partial charge in [-0.2, -0.15) is 0 Å². The fourth-order valence-electron chi connectivity index (χ4n) is 5.63. The number of piperidine rings is 2. The minimum Gasteiger partial charge on any atom is -0.489 e. The summed E-state index contributed by atoms with van der Waals surface area (Å²) in [7, 11) is 0. The Balaban J connectivity index is 1.18. The number of ether oxygens (including phenoxy) is 1. The van der Waals surface area contributed by atoms with Crippen LogP contribution in [-0.2, 0) is 29.2 Å². The number of amides is 3. The maximum atomic E-state index is 13.0. The lowest BCUT2D eigenvalue weighted by Crippen LogP contribution is -2.52. The molecular weight excluding hydrogens is 454 g/mol. The molecule has 2 saturated heterocycles. The third-order valence-corrected chi connectivity index (χ3v) is 7.86. The van der Waals surface area contributed by atoms with Crippen LogP contribution in [0.1, 0.15) is 66.6 Å². The van der Waals surface area contributed by atoms with Gasteiger partial charge in [-0.25, -0.2) is 0 Å². The first-order chi connectivity index (χ1) is 17.4. The number of nitrogens with one attached hydrogen (secondary N) is 1. The molecule has 2 aromatic carbocycles. The predicted octanol–water partition coefficient (Wildman–Crippen LogP) is 3.69. The number of fused-ring (bicyclic) bond motifs is 1. The summed E-state index contributed by atoms with van der Waals surface area (Å²) in [5.41, 5.74) is 3.82. The maximum absolute atomic E-state index is 13.0. The van der Waals surface area contributed by atoms with Gasteiger partial charge in [0.15, 0.2) is 0 Å². The van der Waals surface area contributed by atoms with E-state index in [0.717, 1.165) is 23.5 Å². The van der Waals surface area contributed by atoms with Gasteiger partial charge < -0.3 is 14.5 Å². The third kappa shape index (κ3) is 5.16. The van der Waals surface area contributed by atoms with Crippen molar-refractivity contribution in [3.05, 3.63) is 64.7 Å². The van der Waals surface area contributed by atoms with Gasteiger partial charge in [0.25, 0.3) is 5.91 Å². The van der Waals surface area contributed by atoms with Crippen molar-refractivity contribution in [1.82, 2.24) is 15.1 Å². The van der Waals surface area contributed by atoms with Crippen LogP contribution in [0.5, 0.6) is 5.75 Å². The van der Waals surface area contributed by atoms with Gasteiger partial charge in [0.2, 0.25) is 11.8 Å². The van der Waals surface area contributed by atoms with Crippen LogP contribution < -0.4 is 10.1 Å². The Labute approximate surface area is 212 Å². The highest BCUT2D eigenvalue weighted by atomic mass is 16.5. The van der Waals surface area contributed by atoms with Crippen molar-refractivity contribution in [2.75, 3.05) is 13.1 Å². The molecule has 3 amide bonds. The van der Waals surface area contributed by atoms with E-state index in [1.165, 1.54) is 31.5 Å². The highest BCUT2D eigenvalue weighted by Gasteiger charge is 2.40. The molecule has 3 heterocycles. The monoisotopic (exact) mass is 489 g/mol. The van der Waals surface area contributed by atoms with Crippen molar-refractivity contribution in [3.8, 4) is 5.75 Å². The zero-order valence-corrected chi connectivity index (χ0v) is 21.2. The van der Waals surface area contributed by atoms with Crippen molar-refractivity contribution in [1.29, 1.82) is 0 Å². The van der Waals surface area contributed by atoms with Gasteiger partial charge >= 0.3 is 0 Å². The fraction of sp³-hybridized carbons (Fsp3) is 0.483. The number of hydrogen-bond acceptors (Lipinski definition) is 5. The van der Waals surface area contributed by atoms with Crippen LogP contribution in [0, 0.1) is 5.92 Å². The Morgan fingerprint density at radius 2 is 1.69 bits per heavy atom. The highest BCUT2D eigenvalue weighted by Crippen LogP contribution is 2.34. The molecule has 0 spiro atoms. The van der Waals surface area contributed by atoms with Crippen LogP contribution in [0.25, 0.3) is 0 Å². The van der Waals surface area contributed by atoms with Crippen LogP contribution >= 0.6 is 0 Å². The zero-order chi connectivity index (χ0) is 25.2. The number of carbonyl (C=O) groups is 3. The van der Waals surface area contributed by atoms with Crippen molar-refractivity contribution >= 4 is 17.7 Å². The van der Waals surface area contributed by atoms with Gasteiger partial charge in [-0.3, -0.25) is 19.7 Å². The molecule has 0 bridgehead atoms. The normalized spacial score (nSPS) is 21.1. The van der Waals surface area contributed by atoms with Gasteiger partial charge in [0.1, 0.15) is 18.4 Å². The summed E-state index contributed by atoms with van der Waals surface area (Å²) >= 11 is 0. The Kier molecular flexibility index (Phi) is 7.10. The largest absolute Gasteiger partial charge is 0.489 e. The summed E-state index contributed by atoms with van der Waals surface area (Å²) in [6.07, 6.45) is 4.24. The van der Waals surface area contributed by atoms with Gasteiger partial charge in [-0.1, -0.05) is 30.3 Å². The standard InChI is InChI=1S/C29H35N3O4/c1-19(2)31-14-12-21(13-15-31)16-20-6-8-22(9-7-20)18-36-26-5-3-4-23-24(26)17-32(29(23)35)25-10-11-27(33)30-28(25)34/h3-9,19,21,25H,10-18H2,1-2H3,(H,30,33,34). The minimum absolute atomic E-state index is 0.187. The van der Waals surface area contributed by atoms with E-state index in [2.05, 4.69) is 48.3 Å². The first kappa shape index (κ1) is 24.5. The molecule has 0 radical (unpaired) electrons. The number of rotatable bonds is 7. The summed E-state index contributed by atoms with van der Waals surface area (Å²) in [6, 6.07) is 14.1. The van der Waals surface area contributed by atoms with E-state index in [-0.39, 0.29) is 18.2 Å². The second-order valence-electron chi connectivity index (χ2n) is 10.6. The van der Waals surface area contributed by atoms with E-state index in [0.29, 0.717) is 36.9 Å². The zero-order valence-electron chi connectivity index (χ0n) is 21.2. The number of imide groups is 1. The van der Waals surface area contributed by atoms with E-state index >= 15 is 0 Å². The van der Waals surface area contributed by atoms with Crippen molar-refractivity contribution < 1.29 is 19.1 Å². The summed E-state index contributed by atoms with van der Waals surface area (Å²) in [6.45, 7) is 7.66. The van der Waals surface area contributed by atoms with Crippen LogP contribution in [0.2, 0.25) is 0 Å². The van der Waals surface area contributed by atoms with Crippen molar-refractivity contribution in [2.45, 2.75) is 71.2 Å². The van der Waals surface area contributed by atoms with E-state index < -0.39 is 11.9 Å². The number of carbonyl (C=O) groups excluding carboxylic acids is 3. The summed E-state index contributed by atoms with van der Waals surface area (Å²) < 4.78 is 6.15. The summed E-state index contributed by atoms with van der Waals surface area (Å²) in [4.78, 5) is 40.9. The molecule has 2 aromatic rings. The quantitative estimate of drug-likeness (QED) is 0.600. The molecule has 1 atom stereocenters. The predicted molar refractivity (Wildman–Crippen MR) is 136 cm³/mol. The van der Waals surface area contributed by atoms with Crippen molar-refractivity contribution in [2.24, 2.45) is 5.92 Å². The first-order valence-corrected chi connectivity index (χ1v) is 13.1.